The number of fused-ring (bicyclic) bond motifs is 1. The van der Waals surface area contributed by atoms with Gasteiger partial charge in [-0.15, -0.1) is 0 Å². The van der Waals surface area contributed by atoms with E-state index in [2.05, 4.69) is 4.98 Å². The van der Waals surface area contributed by atoms with Crippen molar-refractivity contribution < 1.29 is 0 Å². The zero-order chi connectivity index (χ0) is 11.1. The molecule has 1 aliphatic heterocycles. The van der Waals surface area contributed by atoms with Gasteiger partial charge in [-0.2, -0.15) is 11.8 Å². The summed E-state index contributed by atoms with van der Waals surface area (Å²) in [5.74, 6) is 2.12. The third kappa shape index (κ3) is 1.48. The Balaban J connectivity index is 2.29. The van der Waals surface area contributed by atoms with Gasteiger partial charge in [-0.3, -0.25) is 4.57 Å². The minimum absolute atomic E-state index is 0.0457. The first-order chi connectivity index (χ1) is 7.77. The zero-order valence-electron chi connectivity index (χ0n) is 8.57. The van der Waals surface area contributed by atoms with Gasteiger partial charge in [-0.25, -0.2) is 4.79 Å². The Kier molecular flexibility index (Phi) is 2.48. The summed E-state index contributed by atoms with van der Waals surface area (Å²) in [6, 6.07) is 5.86. The lowest BCUT2D eigenvalue weighted by atomic mass is 10.2. The minimum Gasteiger partial charge on any atom is -0.305 e. The molecule has 0 aliphatic carbocycles. The van der Waals surface area contributed by atoms with E-state index in [1.807, 2.05) is 34.5 Å². The molecule has 1 N–H and O–H groups in total. The highest BCUT2D eigenvalue weighted by Crippen LogP contribution is 2.31. The molecule has 1 unspecified atom stereocenters. The molecule has 0 bridgehead atoms. The summed E-state index contributed by atoms with van der Waals surface area (Å²) in [7, 11) is 0. The van der Waals surface area contributed by atoms with Gasteiger partial charge in [0, 0.05) is 11.8 Å². The molecule has 5 heteroatoms. The van der Waals surface area contributed by atoms with Gasteiger partial charge in [0.15, 0.2) is 0 Å². The van der Waals surface area contributed by atoms with Crippen molar-refractivity contribution in [2.24, 2.45) is 0 Å². The predicted octanol–water partition coefficient (Wildman–Crippen LogP) is 2.66. The van der Waals surface area contributed by atoms with Crippen LogP contribution in [0.5, 0.6) is 0 Å². The molecule has 0 amide bonds. The highest BCUT2D eigenvalue weighted by molar-refractivity contribution is 7.99. The first kappa shape index (κ1) is 10.3. The number of aromatic amines is 1. The third-order valence-corrected chi connectivity index (χ3v) is 4.41. The zero-order valence-corrected chi connectivity index (χ0v) is 10.1. The van der Waals surface area contributed by atoms with Crippen molar-refractivity contribution in [1.82, 2.24) is 9.55 Å². The maximum atomic E-state index is 11.9. The van der Waals surface area contributed by atoms with Crippen LogP contribution in [-0.4, -0.2) is 21.1 Å². The molecule has 0 saturated carbocycles. The number of para-hydroxylation sites is 1. The fourth-order valence-corrected chi connectivity index (χ4v) is 3.67. The lowest BCUT2D eigenvalue weighted by Gasteiger charge is -2.10. The van der Waals surface area contributed by atoms with E-state index in [9.17, 15) is 4.79 Å². The van der Waals surface area contributed by atoms with Crippen LogP contribution in [0.1, 0.15) is 12.5 Å². The highest BCUT2D eigenvalue weighted by atomic mass is 35.5. The van der Waals surface area contributed by atoms with E-state index < -0.39 is 0 Å². The molecule has 2 heterocycles. The second-order valence-electron chi connectivity index (χ2n) is 3.95. The molecule has 3 rings (SSSR count). The second-order valence-corrected chi connectivity index (χ2v) is 5.51. The van der Waals surface area contributed by atoms with Gasteiger partial charge < -0.3 is 4.98 Å². The van der Waals surface area contributed by atoms with Crippen molar-refractivity contribution in [2.45, 2.75) is 12.5 Å². The van der Waals surface area contributed by atoms with Crippen molar-refractivity contribution in [3.05, 3.63) is 33.7 Å². The fraction of sp³-hybridized carbons (Fsp3) is 0.364. The van der Waals surface area contributed by atoms with E-state index in [1.165, 1.54) is 0 Å². The van der Waals surface area contributed by atoms with E-state index in [1.54, 1.807) is 0 Å². The van der Waals surface area contributed by atoms with E-state index in [0.29, 0.717) is 5.02 Å². The molecule has 0 spiro atoms. The summed E-state index contributed by atoms with van der Waals surface area (Å²) in [5, 5.41) is 0.646. The monoisotopic (exact) mass is 254 g/mol. The number of H-pyrrole nitrogens is 1. The average Bonchev–Trinajstić information content (AvgIpc) is 2.84. The van der Waals surface area contributed by atoms with Crippen LogP contribution in [0.3, 0.4) is 0 Å². The Labute approximate surface area is 102 Å². The molecular formula is C11H11ClN2OS. The van der Waals surface area contributed by atoms with E-state index in [0.717, 1.165) is 29.0 Å². The largest absolute Gasteiger partial charge is 0.326 e. The third-order valence-electron chi connectivity index (χ3n) is 2.96. The number of hydrogen-bond donors (Lipinski definition) is 1. The lowest BCUT2D eigenvalue weighted by molar-refractivity contribution is 0.559. The molecule has 3 nitrogen and oxygen atoms in total. The van der Waals surface area contributed by atoms with Crippen molar-refractivity contribution in [3.8, 4) is 0 Å². The van der Waals surface area contributed by atoms with Crippen molar-refractivity contribution in [2.75, 3.05) is 11.5 Å². The second kappa shape index (κ2) is 3.86. The molecule has 84 valence electrons. The maximum Gasteiger partial charge on any atom is 0.326 e. The summed E-state index contributed by atoms with van der Waals surface area (Å²) in [6.07, 6.45) is 1.04. The lowest BCUT2D eigenvalue weighted by Crippen LogP contribution is -2.22. The number of halogens is 1. The standard InChI is InChI=1S/C11H11ClN2OS/c12-8-2-1-3-9-10(8)14(11(15)13-9)7-4-5-16-6-7/h1-3,7H,4-6H2,(H,13,15). The van der Waals surface area contributed by atoms with Crippen molar-refractivity contribution >= 4 is 34.4 Å². The Morgan fingerprint density at radius 2 is 2.38 bits per heavy atom. The molecule has 1 fully saturated rings. The quantitative estimate of drug-likeness (QED) is 0.850. The number of benzene rings is 1. The summed E-state index contributed by atoms with van der Waals surface area (Å²) < 4.78 is 1.82. The normalized spacial score (nSPS) is 20.7. The molecule has 2 aromatic rings. The average molecular weight is 255 g/mol. The van der Waals surface area contributed by atoms with Gasteiger partial charge in [0.2, 0.25) is 0 Å². The summed E-state index contributed by atoms with van der Waals surface area (Å²) in [5.41, 5.74) is 1.63. The van der Waals surface area contributed by atoms with E-state index >= 15 is 0 Å². The Morgan fingerprint density at radius 1 is 1.50 bits per heavy atom. The fourth-order valence-electron chi connectivity index (χ4n) is 2.21. The smallest absolute Gasteiger partial charge is 0.305 e. The summed E-state index contributed by atoms with van der Waals surface area (Å²) in [4.78, 5) is 14.8. The number of thioether (sulfide) groups is 1. The van der Waals surface area contributed by atoms with Gasteiger partial charge in [-0.1, -0.05) is 17.7 Å². The number of hydrogen-bond acceptors (Lipinski definition) is 2. The van der Waals surface area contributed by atoms with E-state index in [4.69, 9.17) is 11.6 Å². The minimum atomic E-state index is -0.0457. The van der Waals surface area contributed by atoms with E-state index in [-0.39, 0.29) is 11.7 Å². The SMILES string of the molecule is O=c1[nH]c2cccc(Cl)c2n1C1CCSC1. The molecule has 0 radical (unpaired) electrons. The number of aromatic nitrogens is 2. The van der Waals surface area contributed by atoms with Crippen LogP contribution in [0.2, 0.25) is 5.02 Å². The van der Waals surface area contributed by atoms with Crippen LogP contribution in [0.15, 0.2) is 23.0 Å². The maximum absolute atomic E-state index is 11.9. The van der Waals surface area contributed by atoms with Gasteiger partial charge in [-0.05, 0) is 24.3 Å². The highest BCUT2D eigenvalue weighted by Gasteiger charge is 2.22. The Hall–Kier alpha value is -0.870. The van der Waals surface area contributed by atoms with Gasteiger partial charge in [0.25, 0.3) is 0 Å². The molecule has 16 heavy (non-hydrogen) atoms. The molecule has 1 saturated heterocycles. The number of nitrogens with zero attached hydrogens (tertiary/aromatic N) is 1. The molecule has 1 aromatic carbocycles. The van der Waals surface area contributed by atoms with Gasteiger partial charge >= 0.3 is 5.69 Å². The molecular weight excluding hydrogens is 244 g/mol. The molecule has 1 aromatic heterocycles. The van der Waals surface area contributed by atoms with Crippen molar-refractivity contribution in [1.29, 1.82) is 0 Å². The number of imidazole rings is 1. The predicted molar refractivity (Wildman–Crippen MR) is 68.5 cm³/mol. The van der Waals surface area contributed by atoms with Crippen LogP contribution in [0.25, 0.3) is 11.0 Å². The molecule has 1 atom stereocenters. The number of rotatable bonds is 1. The van der Waals surface area contributed by atoms with Gasteiger partial charge in [0.1, 0.15) is 0 Å². The van der Waals surface area contributed by atoms with Gasteiger partial charge in [0.05, 0.1) is 16.1 Å². The van der Waals surface area contributed by atoms with Crippen LogP contribution in [0.4, 0.5) is 0 Å². The summed E-state index contributed by atoms with van der Waals surface area (Å²) in [6.45, 7) is 0. The Morgan fingerprint density at radius 3 is 3.12 bits per heavy atom. The van der Waals surface area contributed by atoms with Crippen LogP contribution >= 0.6 is 23.4 Å². The van der Waals surface area contributed by atoms with Crippen LogP contribution < -0.4 is 5.69 Å². The Bertz CT molecular complexity index is 583. The van der Waals surface area contributed by atoms with Crippen LogP contribution in [0, 0.1) is 0 Å². The van der Waals surface area contributed by atoms with Crippen molar-refractivity contribution in [3.63, 3.8) is 0 Å². The topological polar surface area (TPSA) is 37.8 Å². The first-order valence-electron chi connectivity index (χ1n) is 5.24. The van der Waals surface area contributed by atoms with Crippen LogP contribution in [-0.2, 0) is 0 Å². The number of nitrogens with one attached hydrogen (secondary N) is 1. The summed E-state index contributed by atoms with van der Waals surface area (Å²) >= 11 is 8.05. The molecule has 1 aliphatic rings. The first-order valence-corrected chi connectivity index (χ1v) is 6.77.